The van der Waals surface area contributed by atoms with Crippen molar-refractivity contribution in [3.05, 3.63) is 40.5 Å². The van der Waals surface area contributed by atoms with Gasteiger partial charge in [-0.3, -0.25) is 5.10 Å². The van der Waals surface area contributed by atoms with Crippen LogP contribution in [0.5, 0.6) is 0 Å². The zero-order chi connectivity index (χ0) is 13.0. The number of aromatic amines is 1. The minimum atomic E-state index is -0.169. The molecule has 2 amide bonds. The quantitative estimate of drug-likeness (QED) is 0.908. The van der Waals surface area contributed by atoms with Crippen LogP contribution in [0.3, 0.4) is 0 Å². The number of nitrogens with one attached hydrogen (secondary N) is 2. The Hall–Kier alpha value is -1.76. The van der Waals surface area contributed by atoms with E-state index in [0.717, 1.165) is 11.5 Å². The van der Waals surface area contributed by atoms with Gasteiger partial charge in [0.05, 0.1) is 18.8 Å². The zero-order valence-electron chi connectivity index (χ0n) is 9.81. The molecular weight excluding hydrogens is 300 g/mol. The Morgan fingerprint density at radius 2 is 2.39 bits per heavy atom. The number of carbonyl (C=O) groups excluding carboxylic acids is 1. The fourth-order valence-electron chi connectivity index (χ4n) is 1.43. The molecule has 96 valence electrons. The molecule has 0 fully saturated rings. The summed E-state index contributed by atoms with van der Waals surface area (Å²) in [6, 6.07) is 5.26. The van der Waals surface area contributed by atoms with Crippen LogP contribution in [0.1, 0.15) is 11.5 Å². The second-order valence-electron chi connectivity index (χ2n) is 3.80. The lowest BCUT2D eigenvalue weighted by Gasteiger charge is -2.16. The number of aromatic nitrogens is 2. The van der Waals surface area contributed by atoms with Gasteiger partial charge in [-0.1, -0.05) is 0 Å². The van der Waals surface area contributed by atoms with Gasteiger partial charge in [0.1, 0.15) is 5.76 Å². The van der Waals surface area contributed by atoms with Crippen LogP contribution in [-0.4, -0.2) is 28.2 Å². The first kappa shape index (κ1) is 12.7. The number of hydrogen-bond donors (Lipinski definition) is 2. The second kappa shape index (κ2) is 5.72. The third-order valence-electron chi connectivity index (χ3n) is 2.36. The van der Waals surface area contributed by atoms with Crippen molar-refractivity contribution in [1.29, 1.82) is 0 Å². The van der Waals surface area contributed by atoms with Crippen molar-refractivity contribution in [3.8, 4) is 0 Å². The molecule has 0 aromatic carbocycles. The molecular formula is C11H13BrN4O2. The Balaban J connectivity index is 1.81. The van der Waals surface area contributed by atoms with Crippen molar-refractivity contribution in [1.82, 2.24) is 20.4 Å². The van der Waals surface area contributed by atoms with Gasteiger partial charge < -0.3 is 14.6 Å². The predicted molar refractivity (Wildman–Crippen MR) is 68.7 cm³/mol. The third-order valence-corrected chi connectivity index (χ3v) is 2.78. The van der Waals surface area contributed by atoms with Crippen LogP contribution in [-0.2, 0) is 13.1 Å². The summed E-state index contributed by atoms with van der Waals surface area (Å²) in [6.45, 7) is 0.839. The molecule has 18 heavy (non-hydrogen) atoms. The van der Waals surface area contributed by atoms with E-state index in [1.165, 1.54) is 0 Å². The maximum atomic E-state index is 11.8. The number of nitrogens with zero attached hydrogens (tertiary/aromatic N) is 2. The first-order chi connectivity index (χ1) is 8.65. The van der Waals surface area contributed by atoms with Crippen LogP contribution in [0.2, 0.25) is 0 Å². The lowest BCUT2D eigenvalue weighted by Crippen LogP contribution is -2.36. The van der Waals surface area contributed by atoms with Gasteiger partial charge in [-0.15, -0.1) is 0 Å². The molecule has 0 saturated heterocycles. The molecule has 0 unspecified atom stereocenters. The molecule has 0 radical (unpaired) electrons. The third kappa shape index (κ3) is 3.36. The highest BCUT2D eigenvalue weighted by Gasteiger charge is 2.10. The summed E-state index contributed by atoms with van der Waals surface area (Å²) in [7, 11) is 1.71. The van der Waals surface area contributed by atoms with E-state index < -0.39 is 0 Å². The van der Waals surface area contributed by atoms with Crippen molar-refractivity contribution in [2.75, 3.05) is 7.05 Å². The molecule has 2 aromatic heterocycles. The number of furan rings is 1. The van der Waals surface area contributed by atoms with Gasteiger partial charge >= 0.3 is 6.03 Å². The smallest absolute Gasteiger partial charge is 0.317 e. The van der Waals surface area contributed by atoms with Crippen LogP contribution in [0.25, 0.3) is 0 Å². The average molecular weight is 313 g/mol. The Kier molecular flexibility index (Phi) is 4.03. The number of carbonyl (C=O) groups is 1. The Bertz CT molecular complexity index is 509. The standard InChI is InChI=1S/C11H13BrN4O2/c1-16(7-9-2-3-10(12)18-9)11(17)13-6-8-4-5-14-15-8/h2-5H,6-7H2,1H3,(H,13,17)(H,14,15). The van der Waals surface area contributed by atoms with Crippen molar-refractivity contribution in [2.45, 2.75) is 13.1 Å². The monoisotopic (exact) mass is 312 g/mol. The molecule has 0 saturated carbocycles. The van der Waals surface area contributed by atoms with Gasteiger partial charge in [0.2, 0.25) is 0 Å². The minimum absolute atomic E-state index is 0.169. The SMILES string of the molecule is CN(Cc1ccc(Br)o1)C(=O)NCc1ccn[nH]1. The number of rotatable bonds is 4. The van der Waals surface area contributed by atoms with Gasteiger partial charge in [-0.25, -0.2) is 4.79 Å². The first-order valence-corrected chi connectivity index (χ1v) is 6.16. The Morgan fingerprint density at radius 1 is 1.56 bits per heavy atom. The molecule has 0 bridgehead atoms. The first-order valence-electron chi connectivity index (χ1n) is 5.36. The molecule has 6 nitrogen and oxygen atoms in total. The Morgan fingerprint density at radius 3 is 3.00 bits per heavy atom. The summed E-state index contributed by atoms with van der Waals surface area (Å²) < 4.78 is 5.99. The van der Waals surface area contributed by atoms with Crippen LogP contribution >= 0.6 is 15.9 Å². The van der Waals surface area contributed by atoms with Gasteiger partial charge in [0.25, 0.3) is 0 Å². The van der Waals surface area contributed by atoms with Crippen LogP contribution < -0.4 is 5.32 Å². The summed E-state index contributed by atoms with van der Waals surface area (Å²) in [5, 5.41) is 9.36. The second-order valence-corrected chi connectivity index (χ2v) is 4.58. The summed E-state index contributed by atoms with van der Waals surface area (Å²) in [6.07, 6.45) is 1.64. The van der Waals surface area contributed by atoms with E-state index in [4.69, 9.17) is 4.42 Å². The van der Waals surface area contributed by atoms with E-state index in [-0.39, 0.29) is 6.03 Å². The molecule has 2 aromatic rings. The topological polar surface area (TPSA) is 74.2 Å². The van der Waals surface area contributed by atoms with E-state index in [1.807, 2.05) is 12.1 Å². The lowest BCUT2D eigenvalue weighted by molar-refractivity contribution is 0.202. The van der Waals surface area contributed by atoms with Crippen molar-refractivity contribution in [3.63, 3.8) is 0 Å². The highest BCUT2D eigenvalue weighted by atomic mass is 79.9. The molecule has 0 atom stereocenters. The summed E-state index contributed by atoms with van der Waals surface area (Å²) in [4.78, 5) is 13.3. The van der Waals surface area contributed by atoms with Gasteiger partial charge in [-0.2, -0.15) is 5.10 Å². The maximum Gasteiger partial charge on any atom is 0.317 e. The molecule has 0 aliphatic rings. The molecule has 2 N–H and O–H groups in total. The molecule has 0 spiro atoms. The van der Waals surface area contributed by atoms with Gasteiger partial charge in [0, 0.05) is 13.2 Å². The number of urea groups is 1. The van der Waals surface area contributed by atoms with Crippen LogP contribution in [0.15, 0.2) is 33.5 Å². The highest BCUT2D eigenvalue weighted by molar-refractivity contribution is 9.10. The van der Waals surface area contributed by atoms with E-state index in [0.29, 0.717) is 17.8 Å². The van der Waals surface area contributed by atoms with Crippen molar-refractivity contribution in [2.24, 2.45) is 0 Å². The van der Waals surface area contributed by atoms with Gasteiger partial charge in [-0.05, 0) is 34.1 Å². The molecule has 0 aliphatic carbocycles. The Labute approximate surface area is 112 Å². The maximum absolute atomic E-state index is 11.8. The molecule has 7 heteroatoms. The van der Waals surface area contributed by atoms with E-state index >= 15 is 0 Å². The van der Waals surface area contributed by atoms with Crippen molar-refractivity contribution < 1.29 is 9.21 Å². The highest BCUT2D eigenvalue weighted by Crippen LogP contribution is 2.15. The number of H-pyrrole nitrogens is 1. The largest absolute Gasteiger partial charge is 0.452 e. The summed E-state index contributed by atoms with van der Waals surface area (Å²) >= 11 is 3.22. The fourth-order valence-corrected chi connectivity index (χ4v) is 1.77. The predicted octanol–water partition coefficient (Wildman–Crippen LogP) is 2.11. The summed E-state index contributed by atoms with van der Waals surface area (Å²) in [5.74, 6) is 0.723. The average Bonchev–Trinajstić information content (AvgIpc) is 2.97. The minimum Gasteiger partial charge on any atom is -0.452 e. The number of hydrogen-bond acceptors (Lipinski definition) is 3. The lowest BCUT2D eigenvalue weighted by atomic mass is 10.4. The van der Waals surface area contributed by atoms with E-state index in [1.54, 1.807) is 24.2 Å². The van der Waals surface area contributed by atoms with Crippen LogP contribution in [0, 0.1) is 0 Å². The van der Waals surface area contributed by atoms with E-state index in [2.05, 4.69) is 31.4 Å². The van der Waals surface area contributed by atoms with E-state index in [9.17, 15) is 4.79 Å². The number of amides is 2. The van der Waals surface area contributed by atoms with Crippen LogP contribution in [0.4, 0.5) is 4.79 Å². The normalized spacial score (nSPS) is 10.3. The van der Waals surface area contributed by atoms with Gasteiger partial charge in [0.15, 0.2) is 4.67 Å². The number of halogens is 1. The molecule has 2 heterocycles. The summed E-state index contributed by atoms with van der Waals surface area (Å²) in [5.41, 5.74) is 0.859. The zero-order valence-corrected chi connectivity index (χ0v) is 11.4. The molecule has 2 rings (SSSR count). The fraction of sp³-hybridized carbons (Fsp3) is 0.273. The molecule has 0 aliphatic heterocycles. The van der Waals surface area contributed by atoms with Crippen molar-refractivity contribution >= 4 is 22.0 Å².